The van der Waals surface area contributed by atoms with Crippen molar-refractivity contribution in [1.29, 1.82) is 0 Å². The third kappa shape index (κ3) is 7.08. The molecule has 0 fully saturated rings. The predicted molar refractivity (Wildman–Crippen MR) is 77.7 cm³/mol. The maximum absolute atomic E-state index is 13.0. The van der Waals surface area contributed by atoms with Crippen molar-refractivity contribution < 1.29 is 31.8 Å². The van der Waals surface area contributed by atoms with E-state index in [9.17, 15) is 22.4 Å². The van der Waals surface area contributed by atoms with Crippen molar-refractivity contribution in [3.05, 3.63) is 29.6 Å². The number of nitrogens with two attached hydrogens (primary N) is 1. The van der Waals surface area contributed by atoms with Crippen molar-refractivity contribution in [2.45, 2.75) is 30.0 Å². The second-order valence-corrected chi connectivity index (χ2v) is 5.71. The molecule has 0 aliphatic heterocycles. The first-order chi connectivity index (χ1) is 10.7. The van der Waals surface area contributed by atoms with Crippen LogP contribution in [0.2, 0.25) is 0 Å². The van der Waals surface area contributed by atoms with Crippen LogP contribution in [0.3, 0.4) is 0 Å². The van der Waals surface area contributed by atoms with E-state index >= 15 is 0 Å². The Hall–Kier alpha value is -1.48. The highest BCUT2D eigenvalue weighted by Gasteiger charge is 2.34. The first-order valence-corrected chi connectivity index (χ1v) is 7.67. The van der Waals surface area contributed by atoms with E-state index in [1.165, 1.54) is 7.11 Å². The lowest BCUT2D eigenvalue weighted by Gasteiger charge is -2.18. The summed E-state index contributed by atoms with van der Waals surface area (Å²) in [5.74, 6) is -0.895. The number of amides is 1. The van der Waals surface area contributed by atoms with Crippen LogP contribution in [0.4, 0.5) is 22.4 Å². The summed E-state index contributed by atoms with van der Waals surface area (Å²) in [5.41, 5.74) is 3.90. The number of alkyl halides is 3. The molecule has 0 saturated carbocycles. The van der Waals surface area contributed by atoms with Gasteiger partial charge in [0.1, 0.15) is 11.9 Å². The number of carbonyl (C=O) groups is 1. The maximum Gasteiger partial charge on any atom is 0.417 e. The van der Waals surface area contributed by atoms with E-state index in [1.807, 2.05) is 0 Å². The van der Waals surface area contributed by atoms with E-state index in [0.717, 1.165) is 23.9 Å². The number of rotatable bonds is 8. The Kier molecular flexibility index (Phi) is 7.63. The van der Waals surface area contributed by atoms with Crippen LogP contribution >= 0.6 is 11.8 Å². The molecule has 0 aromatic heterocycles. The van der Waals surface area contributed by atoms with Gasteiger partial charge in [-0.05, 0) is 31.0 Å². The number of carbonyl (C=O) groups excluding carboxylic acids is 1. The number of benzene rings is 1. The van der Waals surface area contributed by atoms with E-state index in [2.05, 4.69) is 0 Å². The Labute approximate surface area is 135 Å². The Morgan fingerprint density at radius 1 is 1.39 bits per heavy atom. The van der Waals surface area contributed by atoms with Gasteiger partial charge in [0.05, 0.1) is 5.56 Å². The molecule has 0 heterocycles. The first kappa shape index (κ1) is 19.6. The van der Waals surface area contributed by atoms with Gasteiger partial charge in [0, 0.05) is 24.4 Å². The number of methoxy groups -OCH3 is 1. The molecular weight excluding hydrogens is 338 g/mol. The zero-order chi connectivity index (χ0) is 17.5. The second kappa shape index (κ2) is 8.97. The van der Waals surface area contributed by atoms with Crippen molar-refractivity contribution in [1.82, 2.24) is 0 Å². The van der Waals surface area contributed by atoms with Gasteiger partial charge in [-0.3, -0.25) is 0 Å². The van der Waals surface area contributed by atoms with Crippen LogP contribution in [0.25, 0.3) is 0 Å². The fourth-order valence-corrected chi connectivity index (χ4v) is 2.92. The van der Waals surface area contributed by atoms with Gasteiger partial charge < -0.3 is 15.2 Å². The number of hydrogen-bond acceptors (Lipinski definition) is 4. The van der Waals surface area contributed by atoms with Crippen molar-refractivity contribution >= 4 is 17.9 Å². The van der Waals surface area contributed by atoms with Gasteiger partial charge in [-0.15, -0.1) is 11.8 Å². The molecule has 1 unspecified atom stereocenters. The predicted octanol–water partition coefficient (Wildman–Crippen LogP) is 3.83. The van der Waals surface area contributed by atoms with E-state index in [1.54, 1.807) is 0 Å². The van der Waals surface area contributed by atoms with Crippen molar-refractivity contribution in [3.8, 4) is 0 Å². The smallest absolute Gasteiger partial charge is 0.417 e. The molecule has 1 atom stereocenters. The number of halogens is 4. The molecular formula is C14H17F4NO3S. The van der Waals surface area contributed by atoms with Crippen LogP contribution in [-0.4, -0.2) is 31.7 Å². The number of hydrogen-bond donors (Lipinski definition) is 1. The molecule has 0 saturated heterocycles. The molecule has 1 aromatic rings. The van der Waals surface area contributed by atoms with Gasteiger partial charge in [-0.1, -0.05) is 0 Å². The average molecular weight is 355 g/mol. The zero-order valence-corrected chi connectivity index (χ0v) is 13.2. The summed E-state index contributed by atoms with van der Waals surface area (Å²) in [5, 5.41) is 0. The third-order valence-electron chi connectivity index (χ3n) is 2.83. The Morgan fingerprint density at radius 2 is 2.09 bits per heavy atom. The Morgan fingerprint density at radius 3 is 2.65 bits per heavy atom. The van der Waals surface area contributed by atoms with E-state index in [-0.39, 0.29) is 10.6 Å². The summed E-state index contributed by atoms with van der Waals surface area (Å²) in [6.07, 6.45) is -5.36. The number of ether oxygens (including phenoxy) is 2. The van der Waals surface area contributed by atoms with Gasteiger partial charge in [0.15, 0.2) is 0 Å². The number of primary amides is 1. The largest absolute Gasteiger partial charge is 0.446 e. The van der Waals surface area contributed by atoms with Gasteiger partial charge in [-0.25, -0.2) is 9.18 Å². The van der Waals surface area contributed by atoms with Gasteiger partial charge in [0.2, 0.25) is 0 Å². The lowest BCUT2D eigenvalue weighted by molar-refractivity contribution is -0.139. The average Bonchev–Trinajstić information content (AvgIpc) is 2.44. The summed E-state index contributed by atoms with van der Waals surface area (Å²) in [4.78, 5) is 10.7. The molecule has 0 spiro atoms. The minimum Gasteiger partial charge on any atom is -0.446 e. The van der Waals surface area contributed by atoms with E-state index in [4.69, 9.17) is 15.2 Å². The standard InChI is InChI=1S/C14H17F4NO3S/c1-21-6-2-3-10(22-13(19)20)8-23-12-5-4-9(15)7-11(12)14(16,17)18/h4-5,7,10H,2-3,6,8H2,1H3,(H2,19,20). The van der Waals surface area contributed by atoms with Crippen molar-refractivity contribution in [2.75, 3.05) is 19.5 Å². The summed E-state index contributed by atoms with van der Waals surface area (Å²) >= 11 is 0.830. The second-order valence-electron chi connectivity index (χ2n) is 4.64. The third-order valence-corrected chi connectivity index (χ3v) is 4.03. The normalized spacial score (nSPS) is 12.9. The summed E-state index contributed by atoms with van der Waals surface area (Å²) < 4.78 is 61.5. The van der Waals surface area contributed by atoms with Crippen molar-refractivity contribution in [2.24, 2.45) is 5.73 Å². The highest BCUT2D eigenvalue weighted by atomic mass is 32.2. The Balaban J connectivity index is 2.78. The number of thioether (sulfide) groups is 1. The lowest BCUT2D eigenvalue weighted by atomic mass is 10.2. The lowest BCUT2D eigenvalue weighted by Crippen LogP contribution is -2.25. The van der Waals surface area contributed by atoms with E-state index < -0.39 is 29.8 Å². The van der Waals surface area contributed by atoms with Crippen molar-refractivity contribution in [3.63, 3.8) is 0 Å². The Bertz CT molecular complexity index is 525. The molecule has 0 radical (unpaired) electrons. The molecule has 0 aliphatic carbocycles. The molecule has 4 nitrogen and oxygen atoms in total. The van der Waals surface area contributed by atoms with Crippen LogP contribution in [0, 0.1) is 5.82 Å². The molecule has 2 N–H and O–H groups in total. The van der Waals surface area contributed by atoms with Gasteiger partial charge in [-0.2, -0.15) is 13.2 Å². The van der Waals surface area contributed by atoms with Crippen LogP contribution < -0.4 is 5.73 Å². The van der Waals surface area contributed by atoms with Gasteiger partial charge in [0.25, 0.3) is 0 Å². The monoisotopic (exact) mass is 355 g/mol. The van der Waals surface area contributed by atoms with Gasteiger partial charge >= 0.3 is 12.3 Å². The van der Waals surface area contributed by atoms with Crippen LogP contribution in [0.1, 0.15) is 18.4 Å². The van der Waals surface area contributed by atoms with Crippen LogP contribution in [0.15, 0.2) is 23.1 Å². The molecule has 9 heteroatoms. The minimum absolute atomic E-state index is 0.0708. The molecule has 23 heavy (non-hydrogen) atoms. The topological polar surface area (TPSA) is 61.6 Å². The summed E-state index contributed by atoms with van der Waals surface area (Å²) in [7, 11) is 1.51. The summed E-state index contributed by atoms with van der Waals surface area (Å²) in [6.45, 7) is 0.424. The highest BCUT2D eigenvalue weighted by molar-refractivity contribution is 7.99. The molecule has 0 bridgehead atoms. The van der Waals surface area contributed by atoms with Crippen LogP contribution in [-0.2, 0) is 15.7 Å². The first-order valence-electron chi connectivity index (χ1n) is 6.68. The summed E-state index contributed by atoms with van der Waals surface area (Å²) in [6, 6.07) is 2.45. The molecule has 1 amide bonds. The van der Waals surface area contributed by atoms with Crippen LogP contribution in [0.5, 0.6) is 0 Å². The molecule has 1 rings (SSSR count). The molecule has 130 valence electrons. The zero-order valence-electron chi connectivity index (χ0n) is 12.4. The minimum atomic E-state index is -4.67. The maximum atomic E-state index is 13.0. The molecule has 0 aliphatic rings. The fourth-order valence-electron chi connectivity index (χ4n) is 1.83. The quantitative estimate of drug-likeness (QED) is 0.437. The van der Waals surface area contributed by atoms with E-state index in [0.29, 0.717) is 25.5 Å². The molecule has 1 aromatic carbocycles. The highest BCUT2D eigenvalue weighted by Crippen LogP contribution is 2.37. The SMILES string of the molecule is COCCCC(CSc1ccc(F)cc1C(F)(F)F)OC(N)=O. The fraction of sp³-hybridized carbons (Fsp3) is 0.500.